The molecule has 2 heterocycles. The number of pyridine rings is 2. The maximum absolute atomic E-state index is 14.3. The Bertz CT molecular complexity index is 2370. The van der Waals surface area contributed by atoms with Gasteiger partial charge in [0.25, 0.3) is 0 Å². The molecule has 0 bridgehead atoms. The van der Waals surface area contributed by atoms with Gasteiger partial charge in [0.1, 0.15) is 24.7 Å². The summed E-state index contributed by atoms with van der Waals surface area (Å²) in [6.07, 6.45) is 2.60. The Labute approximate surface area is 347 Å². The number of rotatable bonds is 14. The van der Waals surface area contributed by atoms with Gasteiger partial charge in [-0.3, -0.25) is 19.6 Å². The third-order valence-electron chi connectivity index (χ3n) is 7.49. The summed E-state index contributed by atoms with van der Waals surface area (Å²) >= 11 is 11.4. The summed E-state index contributed by atoms with van der Waals surface area (Å²) in [4.78, 5) is 30.2. The van der Waals surface area contributed by atoms with E-state index in [4.69, 9.17) is 47.3 Å². The largest absolute Gasteiger partial charge is 0.484 e. The number of hydrogen-bond donors (Lipinski definition) is 1. The topological polar surface area (TPSA) is 126 Å². The Balaban J connectivity index is 0.000000305. The van der Waals surface area contributed by atoms with Crippen LogP contribution in [0.3, 0.4) is 0 Å². The third kappa shape index (κ3) is 14.5. The molecule has 6 rings (SSSR count). The minimum absolute atomic E-state index is 0. The average Bonchev–Trinajstić information content (AvgIpc) is 3.17. The lowest BCUT2D eigenvalue weighted by Crippen LogP contribution is -2.04. The molecule has 0 fully saturated rings. The predicted molar refractivity (Wildman–Crippen MR) is 213 cm³/mol. The van der Waals surface area contributed by atoms with Crippen LogP contribution >= 0.6 is 23.2 Å². The molecule has 0 spiro atoms. The summed E-state index contributed by atoms with van der Waals surface area (Å²) in [5.41, 5.74) is 1.69. The highest BCUT2D eigenvalue weighted by Crippen LogP contribution is 2.29. The standard InChI is InChI=1S/C21H16ClF2NO4.C20H14ClF2NO4.2CH4/c1-27-21(26)9-13-2-4-20(17(23)8-13)29-16-6-7-25-15(11-16)12-28-19-5-3-14(22)10-18(19)24;21-13-2-4-18(17(23)9-13)27-11-14-10-15(5-6-24-14)28-19-3-1-12(7-16(19)22)8-20(25)26;;/h2-8,10-11H,9,12H2,1H3;1-7,9-10H,8,11H2,(H,25,26);2*1H4. The van der Waals surface area contributed by atoms with Crippen molar-refractivity contribution in [3.05, 3.63) is 165 Å². The van der Waals surface area contributed by atoms with Gasteiger partial charge in [0.2, 0.25) is 0 Å². The number of carboxylic acids is 1. The van der Waals surface area contributed by atoms with Crippen LogP contribution in [0.2, 0.25) is 10.0 Å². The van der Waals surface area contributed by atoms with Crippen LogP contribution in [0.4, 0.5) is 17.6 Å². The van der Waals surface area contributed by atoms with Crippen molar-refractivity contribution >= 4 is 35.1 Å². The second-order valence-electron chi connectivity index (χ2n) is 11.7. The summed E-state index contributed by atoms with van der Waals surface area (Å²) in [7, 11) is 1.27. The number of methoxy groups -OCH3 is 1. The molecule has 310 valence electrons. The molecule has 0 saturated carbocycles. The molecule has 1 N–H and O–H groups in total. The van der Waals surface area contributed by atoms with Gasteiger partial charge in [-0.05, 0) is 83.9 Å². The van der Waals surface area contributed by atoms with Crippen LogP contribution in [0.5, 0.6) is 34.5 Å². The van der Waals surface area contributed by atoms with Crippen molar-refractivity contribution in [2.24, 2.45) is 0 Å². The number of halogens is 6. The normalized spacial score (nSPS) is 10.2. The third-order valence-corrected chi connectivity index (χ3v) is 7.96. The van der Waals surface area contributed by atoms with Crippen LogP contribution < -0.4 is 18.9 Å². The Morgan fingerprint density at radius 1 is 0.576 bits per heavy atom. The van der Waals surface area contributed by atoms with Crippen molar-refractivity contribution in [3.63, 3.8) is 0 Å². The van der Waals surface area contributed by atoms with E-state index in [0.29, 0.717) is 34.0 Å². The fourth-order valence-electron chi connectivity index (χ4n) is 4.83. The van der Waals surface area contributed by atoms with E-state index in [1.54, 1.807) is 18.2 Å². The van der Waals surface area contributed by atoms with Crippen LogP contribution in [0.1, 0.15) is 37.4 Å². The minimum atomic E-state index is -1.05. The zero-order valence-electron chi connectivity index (χ0n) is 29.7. The van der Waals surface area contributed by atoms with E-state index in [1.165, 1.54) is 80.2 Å². The fraction of sp³-hybridized carbons (Fsp3) is 0.163. The van der Waals surface area contributed by atoms with Crippen molar-refractivity contribution < 1.29 is 55.9 Å². The molecule has 0 atom stereocenters. The molecule has 0 aliphatic heterocycles. The van der Waals surface area contributed by atoms with Crippen molar-refractivity contribution in [1.29, 1.82) is 0 Å². The molecule has 0 aliphatic rings. The molecule has 10 nitrogen and oxygen atoms in total. The van der Waals surface area contributed by atoms with E-state index in [0.717, 1.165) is 18.2 Å². The highest BCUT2D eigenvalue weighted by Gasteiger charge is 2.13. The summed E-state index contributed by atoms with van der Waals surface area (Å²) in [6.45, 7) is -0.0495. The van der Waals surface area contributed by atoms with Crippen molar-refractivity contribution in [2.75, 3.05) is 7.11 Å². The molecule has 16 heteroatoms. The highest BCUT2D eigenvalue weighted by atomic mass is 35.5. The van der Waals surface area contributed by atoms with Gasteiger partial charge in [0.15, 0.2) is 46.3 Å². The fourth-order valence-corrected chi connectivity index (χ4v) is 5.14. The minimum Gasteiger partial charge on any atom is -0.484 e. The average molecular weight is 858 g/mol. The molecule has 6 aromatic rings. The molecule has 0 saturated heterocycles. The van der Waals surface area contributed by atoms with Gasteiger partial charge in [-0.2, -0.15) is 0 Å². The Morgan fingerprint density at radius 2 is 0.983 bits per heavy atom. The second-order valence-corrected chi connectivity index (χ2v) is 12.6. The van der Waals surface area contributed by atoms with E-state index in [9.17, 15) is 27.2 Å². The number of benzene rings is 4. The molecule has 2 aromatic heterocycles. The van der Waals surface area contributed by atoms with Gasteiger partial charge in [0.05, 0.1) is 31.3 Å². The quantitative estimate of drug-likeness (QED) is 0.0835. The Morgan fingerprint density at radius 3 is 1.37 bits per heavy atom. The molecule has 0 radical (unpaired) electrons. The van der Waals surface area contributed by atoms with Crippen LogP contribution in [0.15, 0.2) is 109 Å². The van der Waals surface area contributed by atoms with Gasteiger partial charge in [-0.15, -0.1) is 0 Å². The molecular formula is C43H38Cl2F4N2O8. The number of ether oxygens (including phenoxy) is 5. The molecule has 0 aliphatic carbocycles. The number of hydrogen-bond acceptors (Lipinski definition) is 9. The Hall–Kier alpha value is -6.38. The first-order valence-corrected chi connectivity index (χ1v) is 17.4. The van der Waals surface area contributed by atoms with Gasteiger partial charge < -0.3 is 28.8 Å². The lowest BCUT2D eigenvalue weighted by Gasteiger charge is -2.10. The SMILES string of the molecule is C.C.COC(=O)Cc1ccc(Oc2ccnc(COc3ccc(Cl)cc3F)c2)c(F)c1.O=C(O)Cc1ccc(Oc2ccnc(COc3ccc(Cl)cc3F)c2)c(F)c1. The lowest BCUT2D eigenvalue weighted by atomic mass is 10.1. The molecule has 0 amide bonds. The number of esters is 1. The predicted octanol–water partition coefficient (Wildman–Crippen LogP) is 11.4. The zero-order chi connectivity index (χ0) is 40.9. The van der Waals surface area contributed by atoms with Gasteiger partial charge in [-0.25, -0.2) is 17.6 Å². The summed E-state index contributed by atoms with van der Waals surface area (Å²) < 4.78 is 82.3. The number of nitrogens with zero attached hydrogens (tertiary/aromatic N) is 2. The van der Waals surface area contributed by atoms with Crippen LogP contribution in [0.25, 0.3) is 0 Å². The van der Waals surface area contributed by atoms with E-state index in [2.05, 4.69) is 14.7 Å². The first-order valence-electron chi connectivity index (χ1n) is 16.6. The van der Waals surface area contributed by atoms with E-state index in [-0.39, 0.29) is 74.0 Å². The molecule has 0 unspecified atom stereocenters. The van der Waals surface area contributed by atoms with Crippen LogP contribution in [-0.4, -0.2) is 34.1 Å². The number of carboxylic acid groups (broad SMARTS) is 1. The van der Waals surface area contributed by atoms with Gasteiger partial charge >= 0.3 is 11.9 Å². The monoisotopic (exact) mass is 856 g/mol. The van der Waals surface area contributed by atoms with E-state index in [1.807, 2.05) is 0 Å². The van der Waals surface area contributed by atoms with Crippen molar-refractivity contribution in [2.45, 2.75) is 40.9 Å². The second kappa shape index (κ2) is 22.5. The Kier molecular flexibility index (Phi) is 17.9. The summed E-state index contributed by atoms with van der Waals surface area (Å²) in [6, 6.07) is 22.4. The van der Waals surface area contributed by atoms with Crippen LogP contribution in [0, 0.1) is 23.3 Å². The molecule has 4 aromatic carbocycles. The van der Waals surface area contributed by atoms with Gasteiger partial charge in [0, 0.05) is 34.6 Å². The molecule has 59 heavy (non-hydrogen) atoms. The maximum Gasteiger partial charge on any atom is 0.309 e. The number of aliphatic carboxylic acids is 1. The first-order chi connectivity index (χ1) is 27.3. The zero-order valence-corrected chi connectivity index (χ0v) is 31.2. The maximum atomic E-state index is 14.3. The number of aromatic nitrogens is 2. The van der Waals surface area contributed by atoms with Gasteiger partial charge in [-0.1, -0.05) is 50.2 Å². The summed E-state index contributed by atoms with van der Waals surface area (Å²) in [5.74, 6) is -3.38. The molecular weight excluding hydrogens is 819 g/mol. The first kappa shape index (κ1) is 47.0. The van der Waals surface area contributed by atoms with E-state index >= 15 is 0 Å². The van der Waals surface area contributed by atoms with Crippen LogP contribution in [-0.2, 0) is 40.4 Å². The van der Waals surface area contributed by atoms with E-state index < -0.39 is 35.2 Å². The lowest BCUT2D eigenvalue weighted by molar-refractivity contribution is -0.140. The van der Waals surface area contributed by atoms with Crippen molar-refractivity contribution in [3.8, 4) is 34.5 Å². The smallest absolute Gasteiger partial charge is 0.309 e. The number of carbonyl (C=O) groups excluding carboxylic acids is 1. The van der Waals surface area contributed by atoms with Crippen molar-refractivity contribution in [1.82, 2.24) is 9.97 Å². The number of carbonyl (C=O) groups is 2. The summed E-state index contributed by atoms with van der Waals surface area (Å²) in [5, 5.41) is 9.28. The highest BCUT2D eigenvalue weighted by molar-refractivity contribution is 6.30.